The predicted octanol–water partition coefficient (Wildman–Crippen LogP) is 0.386. The zero-order chi connectivity index (χ0) is 8.97. The number of nitrogens with zero attached hydrogens (tertiary/aromatic N) is 3. The minimum Gasteiger partial charge on any atom is -0.392 e. The van der Waals surface area contributed by atoms with Crippen molar-refractivity contribution in [1.82, 2.24) is 9.78 Å². The van der Waals surface area contributed by atoms with Gasteiger partial charge in [-0.3, -0.25) is 0 Å². The fraction of sp³-hybridized carbons (Fsp3) is 0.125. The van der Waals surface area contributed by atoms with E-state index in [4.69, 9.17) is 5.41 Å². The third kappa shape index (κ3) is 3.88. The Hall–Kier alpha value is -0.216. The van der Waals surface area contributed by atoms with E-state index >= 15 is 0 Å². The maximum absolute atomic E-state index is 6.92. The summed E-state index contributed by atoms with van der Waals surface area (Å²) in [4.78, 5) is 3.90. The van der Waals surface area contributed by atoms with Crippen LogP contribution in [0.1, 0.15) is 5.69 Å². The molecule has 0 spiro atoms. The molecular weight excluding hydrogens is 484 g/mol. The molecule has 1 rings (SSSR count). The van der Waals surface area contributed by atoms with Crippen LogP contribution in [0.5, 0.6) is 0 Å². The van der Waals surface area contributed by atoms with E-state index < -0.39 is 0 Å². The second kappa shape index (κ2) is 8.12. The summed E-state index contributed by atoms with van der Waals surface area (Å²) >= 11 is 0. The molecule has 14 heavy (non-hydrogen) atoms. The Kier molecular flexibility index (Phi) is 9.41. The number of hydrogen-bond acceptors (Lipinski definition) is 3. The summed E-state index contributed by atoms with van der Waals surface area (Å²) in [6.45, 7) is 3.57. The van der Waals surface area contributed by atoms with Crippen LogP contribution in [-0.4, -0.2) is 23.2 Å². The SMILES string of the molecule is C=Cc1ccc(=NC)n([C-]=N)n1.[Am].[Y]. The van der Waals surface area contributed by atoms with Crippen molar-refractivity contribution < 1.29 is 47.0 Å². The quantitative estimate of drug-likeness (QED) is 0.362. The van der Waals surface area contributed by atoms with Gasteiger partial charge in [0.2, 0.25) is 0 Å². The van der Waals surface area contributed by atoms with Crippen molar-refractivity contribution in [2.24, 2.45) is 4.99 Å². The van der Waals surface area contributed by atoms with Crippen LogP contribution >= 0.6 is 0 Å². The van der Waals surface area contributed by atoms with Crippen molar-refractivity contribution in [2.75, 3.05) is 7.05 Å². The van der Waals surface area contributed by atoms with Crippen molar-refractivity contribution in [3.8, 4) is 0 Å². The van der Waals surface area contributed by atoms with Crippen molar-refractivity contribution in [2.45, 2.75) is 0 Å². The van der Waals surface area contributed by atoms with E-state index in [1.54, 1.807) is 25.3 Å². The van der Waals surface area contributed by atoms with E-state index in [-0.39, 0.29) is 47.0 Å². The van der Waals surface area contributed by atoms with Crippen LogP contribution in [0.15, 0.2) is 23.7 Å². The minimum atomic E-state index is 0. The first-order valence-corrected chi connectivity index (χ1v) is 3.40. The molecular formula is C8H9AmN4Y-. The molecule has 0 aromatic carbocycles. The van der Waals surface area contributed by atoms with Gasteiger partial charge in [0.05, 0.1) is 5.69 Å². The Labute approximate surface area is 116 Å². The Balaban J connectivity index is 0. The maximum atomic E-state index is 6.92. The molecule has 72 valence electrons. The molecule has 0 saturated heterocycles. The summed E-state index contributed by atoms with van der Waals surface area (Å²) < 4.78 is 1.26. The first-order valence-electron chi connectivity index (χ1n) is 3.40. The Morgan fingerprint density at radius 3 is 2.71 bits per heavy atom. The third-order valence-corrected chi connectivity index (χ3v) is 1.38. The monoisotopic (exact) mass is 491 g/mol. The minimum absolute atomic E-state index is 0. The zero-order valence-electron chi connectivity index (χ0n) is 7.74. The molecule has 1 aromatic rings. The normalized spacial score (nSPS) is 9.64. The molecule has 0 unspecified atom stereocenters. The van der Waals surface area contributed by atoms with Gasteiger partial charge in [-0.2, -0.15) is 0 Å². The summed E-state index contributed by atoms with van der Waals surface area (Å²) in [5.74, 6) is 0. The molecule has 0 aliphatic rings. The smallest absolute Gasteiger partial charge is 0.0787 e. The van der Waals surface area contributed by atoms with Crippen molar-refractivity contribution in [1.29, 1.82) is 5.41 Å². The van der Waals surface area contributed by atoms with E-state index in [0.717, 1.165) is 0 Å². The van der Waals surface area contributed by atoms with Gasteiger partial charge >= 0.3 is 0 Å². The van der Waals surface area contributed by atoms with Gasteiger partial charge in [-0.1, -0.05) is 12.6 Å². The maximum Gasteiger partial charge on any atom is 0.0787 e. The number of aromatic nitrogens is 2. The van der Waals surface area contributed by atoms with Crippen LogP contribution in [0, 0.1) is 19.7 Å². The Morgan fingerprint density at radius 2 is 2.29 bits per heavy atom. The summed E-state index contributed by atoms with van der Waals surface area (Å²) in [5, 5.41) is 10.9. The van der Waals surface area contributed by atoms with Crippen LogP contribution in [0.2, 0.25) is 0 Å². The molecule has 2 radical (unpaired) electrons. The summed E-state index contributed by atoms with van der Waals surface area (Å²) in [7, 11) is 1.64. The van der Waals surface area contributed by atoms with Gasteiger partial charge in [0.25, 0.3) is 0 Å². The number of hydrogen-bond donors (Lipinski definition) is 1. The molecule has 4 nitrogen and oxygen atoms in total. The molecule has 6 heteroatoms. The number of nitrogens with one attached hydrogen (secondary N) is 1. The van der Waals surface area contributed by atoms with Gasteiger partial charge in [0, 0.05) is 54.0 Å². The van der Waals surface area contributed by atoms with E-state index in [9.17, 15) is 0 Å². The molecule has 0 saturated carbocycles. The molecule has 0 fully saturated rings. The summed E-state index contributed by atoms with van der Waals surface area (Å²) in [6, 6.07) is 3.54. The van der Waals surface area contributed by atoms with Crippen molar-refractivity contribution >= 4 is 12.4 Å². The van der Waals surface area contributed by atoms with Crippen LogP contribution in [0.25, 0.3) is 6.08 Å². The summed E-state index contributed by atoms with van der Waals surface area (Å²) in [6.07, 6.45) is 3.74. The standard InChI is InChI=1S/C8H9N4.Am.Y/c1-3-7-4-5-8(10-2)12(6-9)11-7;;/h3-5,9H,1H2,2H3;;/q-1;;. The van der Waals surface area contributed by atoms with Crippen LogP contribution in [-0.2, 0) is 32.7 Å². The predicted molar refractivity (Wildman–Crippen MR) is 46.9 cm³/mol. The fourth-order valence-corrected chi connectivity index (χ4v) is 0.791. The van der Waals surface area contributed by atoms with E-state index in [2.05, 4.69) is 23.0 Å². The average Bonchev–Trinajstić information content (AvgIpc) is 2.16. The zero-order valence-corrected chi connectivity index (χ0v) is 13.7. The molecule has 1 aromatic heterocycles. The second-order valence-corrected chi connectivity index (χ2v) is 2.07. The van der Waals surface area contributed by atoms with E-state index in [1.165, 1.54) is 4.68 Å². The second-order valence-electron chi connectivity index (χ2n) is 2.07. The molecule has 0 amide bonds. The Bertz CT molecular complexity index is 372. The van der Waals surface area contributed by atoms with Crippen molar-refractivity contribution in [3.05, 3.63) is 29.9 Å². The number of rotatable bonds is 2. The largest absolute Gasteiger partial charge is 0.392 e. The topological polar surface area (TPSA) is 54.0 Å². The molecule has 1 heterocycles. The van der Waals surface area contributed by atoms with E-state index in [1.807, 2.05) is 0 Å². The van der Waals surface area contributed by atoms with Crippen LogP contribution < -0.4 is 5.49 Å². The fourth-order valence-electron chi connectivity index (χ4n) is 0.791. The van der Waals surface area contributed by atoms with Crippen LogP contribution in [0.3, 0.4) is 0 Å². The third-order valence-electron chi connectivity index (χ3n) is 1.38. The van der Waals surface area contributed by atoms with Gasteiger partial charge in [0.15, 0.2) is 0 Å². The van der Waals surface area contributed by atoms with Gasteiger partial charge in [0.1, 0.15) is 0 Å². The molecule has 0 bridgehead atoms. The molecule has 0 aliphatic carbocycles. The Morgan fingerprint density at radius 1 is 1.64 bits per heavy atom. The average molecular weight is 493 g/mol. The van der Waals surface area contributed by atoms with Crippen molar-refractivity contribution in [3.63, 3.8) is 0 Å². The molecule has 0 atom stereocenters. The van der Waals surface area contributed by atoms with Gasteiger partial charge in [-0.15, -0.1) is 0 Å². The van der Waals surface area contributed by atoms with Crippen LogP contribution in [0.4, 0.5) is 0 Å². The van der Waals surface area contributed by atoms with Gasteiger partial charge < -0.3 is 15.1 Å². The van der Waals surface area contributed by atoms with E-state index in [0.29, 0.717) is 11.2 Å². The first-order chi connectivity index (χ1) is 5.81. The van der Waals surface area contributed by atoms with Gasteiger partial charge in [-0.05, 0) is 24.0 Å². The molecule has 0 aliphatic heterocycles. The molecule has 1 N–H and O–H groups in total. The van der Waals surface area contributed by atoms with Gasteiger partial charge in [-0.25, -0.2) is 5.10 Å². The first kappa shape index (κ1) is 16.2. The summed E-state index contributed by atoms with van der Waals surface area (Å²) in [5.41, 5.74) is 1.29.